The van der Waals surface area contributed by atoms with Crippen molar-refractivity contribution in [2.75, 3.05) is 6.67 Å². The number of rotatable bonds is 2. The average molecular weight is 187 g/mol. The number of aliphatic hydroxyl groups is 1. The van der Waals surface area contributed by atoms with E-state index in [1.54, 1.807) is 0 Å². The minimum atomic E-state index is -1.70. The highest BCUT2D eigenvalue weighted by Gasteiger charge is 1.99. The monoisotopic (exact) mass is 186 g/mol. The number of hydrogen-bond donors (Lipinski definition) is 1. The summed E-state index contributed by atoms with van der Waals surface area (Å²) >= 11 is 2.53. The summed E-state index contributed by atoms with van der Waals surface area (Å²) in [7, 11) is 0. The van der Waals surface area contributed by atoms with Gasteiger partial charge in [-0.1, -0.05) is 0 Å². The molecular formula is C4H5BrF2O. The lowest BCUT2D eigenvalue weighted by Crippen LogP contribution is -1.96. The van der Waals surface area contributed by atoms with Crippen molar-refractivity contribution in [3.8, 4) is 0 Å². The van der Waals surface area contributed by atoms with Gasteiger partial charge in [-0.3, -0.25) is 0 Å². The van der Waals surface area contributed by atoms with Gasteiger partial charge in [-0.25, -0.2) is 8.78 Å². The van der Waals surface area contributed by atoms with Crippen LogP contribution in [-0.4, -0.2) is 18.0 Å². The molecule has 0 aromatic rings. The highest BCUT2D eigenvalue weighted by atomic mass is 79.9. The van der Waals surface area contributed by atoms with E-state index in [4.69, 9.17) is 5.11 Å². The molecule has 8 heavy (non-hydrogen) atoms. The molecule has 1 atom stereocenters. The van der Waals surface area contributed by atoms with Crippen LogP contribution >= 0.6 is 15.9 Å². The number of alkyl halides is 2. The van der Waals surface area contributed by atoms with Crippen molar-refractivity contribution >= 4 is 15.9 Å². The molecular weight excluding hydrogens is 182 g/mol. The summed E-state index contributed by atoms with van der Waals surface area (Å²) in [5.74, 6) is 0. The van der Waals surface area contributed by atoms with Crippen molar-refractivity contribution in [3.05, 3.63) is 10.7 Å². The Hall–Kier alpha value is -0.120. The molecule has 1 N–H and O–H groups in total. The fraction of sp³-hybridized carbons (Fsp3) is 0.500. The number of halogens is 3. The highest BCUT2D eigenvalue weighted by molar-refractivity contribution is 9.11. The Morgan fingerprint density at radius 1 is 1.88 bits per heavy atom. The van der Waals surface area contributed by atoms with Gasteiger partial charge in [0.25, 0.3) is 0 Å². The van der Waals surface area contributed by atoms with Gasteiger partial charge in [0.2, 0.25) is 0 Å². The number of aliphatic hydroxyl groups excluding tert-OH is 1. The van der Waals surface area contributed by atoms with Crippen molar-refractivity contribution in [2.45, 2.75) is 6.17 Å². The predicted molar refractivity (Wildman–Crippen MR) is 30.5 cm³/mol. The number of hydrogen-bond acceptors (Lipinski definition) is 1. The predicted octanol–water partition coefficient (Wildman–Crippen LogP) is 2.09. The topological polar surface area (TPSA) is 20.2 Å². The van der Waals surface area contributed by atoms with E-state index >= 15 is 0 Å². The molecule has 0 saturated heterocycles. The second-order valence-corrected chi connectivity index (χ2v) is 1.97. The van der Waals surface area contributed by atoms with Crippen LogP contribution in [0.15, 0.2) is 10.7 Å². The van der Waals surface area contributed by atoms with Gasteiger partial charge >= 0.3 is 0 Å². The van der Waals surface area contributed by atoms with Crippen LogP contribution in [0.3, 0.4) is 0 Å². The van der Waals surface area contributed by atoms with Crippen LogP contribution in [0.5, 0.6) is 0 Å². The first-order valence-corrected chi connectivity index (χ1v) is 2.72. The molecule has 0 radical (unpaired) electrons. The smallest absolute Gasteiger partial charge is 0.157 e. The van der Waals surface area contributed by atoms with Crippen LogP contribution < -0.4 is 0 Å². The molecule has 0 aliphatic carbocycles. The molecule has 0 aliphatic heterocycles. The summed E-state index contributed by atoms with van der Waals surface area (Å²) in [6.45, 7) is -1.10. The van der Waals surface area contributed by atoms with Gasteiger partial charge in [0, 0.05) is 6.08 Å². The summed E-state index contributed by atoms with van der Waals surface area (Å²) in [6, 6.07) is 0. The van der Waals surface area contributed by atoms with Crippen molar-refractivity contribution in [2.24, 2.45) is 0 Å². The molecule has 1 nitrogen and oxygen atoms in total. The van der Waals surface area contributed by atoms with Crippen molar-refractivity contribution in [1.29, 1.82) is 0 Å². The van der Waals surface area contributed by atoms with E-state index in [0.717, 1.165) is 6.08 Å². The molecule has 0 spiro atoms. The molecule has 1 unspecified atom stereocenters. The quantitative estimate of drug-likeness (QED) is 0.656. The molecule has 0 aromatic carbocycles. The van der Waals surface area contributed by atoms with Gasteiger partial charge in [0.1, 0.15) is 6.67 Å². The molecule has 0 saturated carbocycles. The fourth-order valence-electron chi connectivity index (χ4n) is 0.194. The molecule has 48 valence electrons. The molecule has 0 aromatic heterocycles. The Morgan fingerprint density at radius 2 is 2.38 bits per heavy atom. The van der Waals surface area contributed by atoms with Crippen LogP contribution in [0.25, 0.3) is 0 Å². The lowest BCUT2D eigenvalue weighted by atomic mass is 10.4. The minimum Gasteiger partial charge on any atom is -0.502 e. The summed E-state index contributed by atoms with van der Waals surface area (Å²) in [5, 5.41) is 8.22. The Morgan fingerprint density at radius 3 is 2.50 bits per heavy atom. The third-order valence-corrected chi connectivity index (χ3v) is 0.730. The average Bonchev–Trinajstić information content (AvgIpc) is 1.65. The first-order valence-electron chi connectivity index (χ1n) is 1.93. The Labute approximate surface area is 54.1 Å². The Bertz CT molecular complexity index is 90.0. The second-order valence-electron chi connectivity index (χ2n) is 1.16. The summed E-state index contributed by atoms with van der Waals surface area (Å²) in [5.41, 5.74) is 0. The molecule has 0 rings (SSSR count). The van der Waals surface area contributed by atoms with Crippen LogP contribution in [-0.2, 0) is 0 Å². The van der Waals surface area contributed by atoms with E-state index < -0.39 is 12.8 Å². The van der Waals surface area contributed by atoms with Gasteiger partial charge in [-0.15, -0.1) is 0 Å². The molecule has 0 heterocycles. The van der Waals surface area contributed by atoms with Gasteiger partial charge in [-0.05, 0) is 15.9 Å². The third kappa shape index (κ3) is 4.05. The fourth-order valence-corrected chi connectivity index (χ4v) is 0.481. The molecule has 0 aliphatic rings. The van der Waals surface area contributed by atoms with Crippen LogP contribution in [0.1, 0.15) is 0 Å². The SMILES string of the molecule is OC(Br)=CC(F)CF. The molecule has 0 bridgehead atoms. The molecule has 0 fully saturated rings. The highest BCUT2D eigenvalue weighted by Crippen LogP contribution is 2.03. The zero-order valence-electron chi connectivity index (χ0n) is 3.94. The summed E-state index contributed by atoms with van der Waals surface area (Å²) in [4.78, 5) is 0. The van der Waals surface area contributed by atoms with Gasteiger partial charge in [-0.2, -0.15) is 0 Å². The zero-order chi connectivity index (χ0) is 6.57. The lowest BCUT2D eigenvalue weighted by Gasteiger charge is -1.91. The Balaban J connectivity index is 3.51. The first-order chi connectivity index (χ1) is 3.66. The van der Waals surface area contributed by atoms with E-state index in [-0.39, 0.29) is 4.67 Å². The van der Waals surface area contributed by atoms with Crippen LogP contribution in [0.4, 0.5) is 8.78 Å². The summed E-state index contributed by atoms with van der Waals surface area (Å²) < 4.78 is 22.6. The normalized spacial score (nSPS) is 16.1. The second kappa shape index (κ2) is 3.83. The standard InChI is InChI=1S/C4H5BrF2O/c5-4(8)1-3(7)2-6/h1,3,8H,2H2. The Kier molecular flexibility index (Phi) is 3.77. The van der Waals surface area contributed by atoms with Gasteiger partial charge < -0.3 is 5.11 Å². The van der Waals surface area contributed by atoms with E-state index in [2.05, 4.69) is 15.9 Å². The van der Waals surface area contributed by atoms with Crippen LogP contribution in [0, 0.1) is 0 Å². The van der Waals surface area contributed by atoms with E-state index in [1.807, 2.05) is 0 Å². The number of allylic oxidation sites excluding steroid dienone is 1. The minimum absolute atomic E-state index is 0.373. The zero-order valence-corrected chi connectivity index (χ0v) is 5.53. The third-order valence-electron chi connectivity index (χ3n) is 0.466. The van der Waals surface area contributed by atoms with Crippen LogP contribution in [0.2, 0.25) is 0 Å². The maximum atomic E-state index is 11.7. The van der Waals surface area contributed by atoms with Crippen molar-refractivity contribution in [3.63, 3.8) is 0 Å². The van der Waals surface area contributed by atoms with Gasteiger partial charge in [0.05, 0.1) is 0 Å². The largest absolute Gasteiger partial charge is 0.502 e. The van der Waals surface area contributed by atoms with E-state index in [9.17, 15) is 8.78 Å². The van der Waals surface area contributed by atoms with E-state index in [1.165, 1.54) is 0 Å². The van der Waals surface area contributed by atoms with E-state index in [0.29, 0.717) is 0 Å². The maximum Gasteiger partial charge on any atom is 0.157 e. The first kappa shape index (κ1) is 7.88. The lowest BCUT2D eigenvalue weighted by molar-refractivity contribution is 0.303. The van der Waals surface area contributed by atoms with Gasteiger partial charge in [0.15, 0.2) is 10.8 Å². The van der Waals surface area contributed by atoms with Crippen molar-refractivity contribution < 1.29 is 13.9 Å². The molecule has 0 amide bonds. The maximum absolute atomic E-state index is 11.7. The van der Waals surface area contributed by atoms with Crippen molar-refractivity contribution in [1.82, 2.24) is 0 Å². The summed E-state index contributed by atoms with van der Waals surface area (Å²) in [6.07, 6.45) is -0.964. The molecule has 4 heteroatoms.